The second kappa shape index (κ2) is 5.47. The van der Waals surface area contributed by atoms with Crippen molar-refractivity contribution >= 4 is 17.7 Å². The minimum Gasteiger partial charge on any atom is -0.368 e. The highest BCUT2D eigenvalue weighted by atomic mass is 16.2. The van der Waals surface area contributed by atoms with Gasteiger partial charge in [-0.2, -0.15) is 0 Å². The van der Waals surface area contributed by atoms with Crippen molar-refractivity contribution in [3.63, 3.8) is 0 Å². The molecule has 0 aromatic carbocycles. The second-order valence-electron chi connectivity index (χ2n) is 4.28. The average molecular weight is 239 g/mol. The first-order chi connectivity index (χ1) is 7.90. The van der Waals surface area contributed by atoms with Crippen LogP contribution in [0, 0.1) is 0 Å². The summed E-state index contributed by atoms with van der Waals surface area (Å²) in [6.45, 7) is 5.41. The van der Waals surface area contributed by atoms with Gasteiger partial charge in [-0.15, -0.1) is 6.58 Å². The number of rotatable bonds is 5. The molecule has 1 rings (SSSR count). The van der Waals surface area contributed by atoms with E-state index in [0.717, 1.165) is 5.57 Å². The van der Waals surface area contributed by atoms with Gasteiger partial charge in [-0.05, 0) is 19.8 Å². The molecule has 1 fully saturated rings. The number of carbonyl (C=O) groups is 3. The molecular formula is C11H17N3O3. The van der Waals surface area contributed by atoms with Crippen LogP contribution in [-0.4, -0.2) is 29.8 Å². The number of nitrogens with two attached hydrogens (primary N) is 1. The van der Waals surface area contributed by atoms with Crippen LogP contribution in [-0.2, 0) is 14.4 Å². The molecule has 94 valence electrons. The lowest BCUT2D eigenvalue weighted by atomic mass is 10.1. The van der Waals surface area contributed by atoms with Gasteiger partial charge in [0.05, 0.1) is 0 Å². The molecule has 3 amide bonds. The highest BCUT2D eigenvalue weighted by Crippen LogP contribution is 2.08. The molecule has 2 atom stereocenters. The highest BCUT2D eigenvalue weighted by Gasteiger charge is 2.29. The molecule has 1 heterocycles. The Bertz CT molecular complexity index is 365. The SMILES string of the molecule is C=C(C)C[C@@H](NC(=O)[C@H]1CCC(=O)N1)C(N)=O. The number of nitrogens with one attached hydrogen (secondary N) is 2. The van der Waals surface area contributed by atoms with Gasteiger partial charge < -0.3 is 16.4 Å². The topological polar surface area (TPSA) is 101 Å². The van der Waals surface area contributed by atoms with Crippen LogP contribution in [0.5, 0.6) is 0 Å². The van der Waals surface area contributed by atoms with Crippen LogP contribution in [0.3, 0.4) is 0 Å². The van der Waals surface area contributed by atoms with Crippen molar-refractivity contribution in [3.05, 3.63) is 12.2 Å². The lowest BCUT2D eigenvalue weighted by Gasteiger charge is -2.18. The van der Waals surface area contributed by atoms with Crippen molar-refractivity contribution in [1.82, 2.24) is 10.6 Å². The molecule has 1 aliphatic heterocycles. The van der Waals surface area contributed by atoms with E-state index in [1.165, 1.54) is 0 Å². The van der Waals surface area contributed by atoms with E-state index in [2.05, 4.69) is 17.2 Å². The van der Waals surface area contributed by atoms with Crippen molar-refractivity contribution < 1.29 is 14.4 Å². The number of amides is 3. The van der Waals surface area contributed by atoms with E-state index in [9.17, 15) is 14.4 Å². The zero-order valence-corrected chi connectivity index (χ0v) is 9.79. The molecule has 1 aliphatic rings. The smallest absolute Gasteiger partial charge is 0.243 e. The molecule has 4 N–H and O–H groups in total. The van der Waals surface area contributed by atoms with Crippen molar-refractivity contribution in [2.45, 2.75) is 38.3 Å². The standard InChI is InChI=1S/C11H17N3O3/c1-6(2)5-8(10(12)16)14-11(17)7-3-4-9(15)13-7/h7-8H,1,3-5H2,2H3,(H2,12,16)(H,13,15)(H,14,17)/t7-,8-/m1/s1. The Kier molecular flexibility index (Phi) is 4.25. The molecule has 0 aromatic heterocycles. The molecule has 6 nitrogen and oxygen atoms in total. The normalized spacial score (nSPS) is 20.5. The van der Waals surface area contributed by atoms with Crippen molar-refractivity contribution in [3.8, 4) is 0 Å². The third-order valence-electron chi connectivity index (χ3n) is 2.52. The summed E-state index contributed by atoms with van der Waals surface area (Å²) < 4.78 is 0. The Hall–Kier alpha value is -1.85. The van der Waals surface area contributed by atoms with Gasteiger partial charge in [0.1, 0.15) is 12.1 Å². The molecule has 17 heavy (non-hydrogen) atoms. The van der Waals surface area contributed by atoms with Crippen LogP contribution in [0.1, 0.15) is 26.2 Å². The maximum Gasteiger partial charge on any atom is 0.243 e. The summed E-state index contributed by atoms with van der Waals surface area (Å²) in [5.74, 6) is -1.13. The predicted octanol–water partition coefficient (Wildman–Crippen LogP) is -0.799. The van der Waals surface area contributed by atoms with Gasteiger partial charge in [0.2, 0.25) is 17.7 Å². The Balaban J connectivity index is 2.55. The van der Waals surface area contributed by atoms with Crippen LogP contribution in [0.4, 0.5) is 0 Å². The monoisotopic (exact) mass is 239 g/mol. The van der Waals surface area contributed by atoms with Crippen LogP contribution in [0.2, 0.25) is 0 Å². The van der Waals surface area contributed by atoms with Crippen LogP contribution in [0.15, 0.2) is 12.2 Å². The zero-order chi connectivity index (χ0) is 13.0. The second-order valence-corrected chi connectivity index (χ2v) is 4.28. The predicted molar refractivity (Wildman–Crippen MR) is 61.7 cm³/mol. The van der Waals surface area contributed by atoms with Gasteiger partial charge in [-0.25, -0.2) is 0 Å². The summed E-state index contributed by atoms with van der Waals surface area (Å²) >= 11 is 0. The van der Waals surface area contributed by atoms with Crippen molar-refractivity contribution in [2.75, 3.05) is 0 Å². The van der Waals surface area contributed by atoms with E-state index >= 15 is 0 Å². The minimum atomic E-state index is -0.766. The lowest BCUT2D eigenvalue weighted by molar-refractivity contribution is -0.129. The van der Waals surface area contributed by atoms with E-state index in [1.807, 2.05) is 0 Å². The molecule has 6 heteroatoms. The Morgan fingerprint density at radius 1 is 1.65 bits per heavy atom. The van der Waals surface area contributed by atoms with E-state index in [1.54, 1.807) is 6.92 Å². The molecule has 0 spiro atoms. The molecule has 0 saturated carbocycles. The molecular weight excluding hydrogens is 222 g/mol. The highest BCUT2D eigenvalue weighted by molar-refractivity contribution is 5.93. The van der Waals surface area contributed by atoms with E-state index in [4.69, 9.17) is 5.73 Å². The van der Waals surface area contributed by atoms with Crippen LogP contribution in [0.25, 0.3) is 0 Å². The van der Waals surface area contributed by atoms with Gasteiger partial charge in [-0.1, -0.05) is 5.57 Å². The quantitative estimate of drug-likeness (QED) is 0.547. The molecule has 0 aliphatic carbocycles. The molecule has 0 radical (unpaired) electrons. The van der Waals surface area contributed by atoms with Crippen molar-refractivity contribution in [1.29, 1.82) is 0 Å². The summed E-state index contributed by atoms with van der Waals surface area (Å²) in [4.78, 5) is 33.8. The Morgan fingerprint density at radius 3 is 2.71 bits per heavy atom. The van der Waals surface area contributed by atoms with Gasteiger partial charge in [0.15, 0.2) is 0 Å². The first-order valence-corrected chi connectivity index (χ1v) is 5.43. The Morgan fingerprint density at radius 2 is 2.29 bits per heavy atom. The molecule has 1 saturated heterocycles. The first kappa shape index (κ1) is 13.2. The van der Waals surface area contributed by atoms with E-state index < -0.39 is 18.0 Å². The van der Waals surface area contributed by atoms with Crippen LogP contribution >= 0.6 is 0 Å². The number of carbonyl (C=O) groups excluding carboxylic acids is 3. The van der Waals surface area contributed by atoms with Crippen LogP contribution < -0.4 is 16.4 Å². The fourth-order valence-corrected chi connectivity index (χ4v) is 1.65. The number of hydrogen-bond donors (Lipinski definition) is 3. The fraction of sp³-hybridized carbons (Fsp3) is 0.545. The maximum atomic E-state index is 11.7. The first-order valence-electron chi connectivity index (χ1n) is 5.43. The van der Waals surface area contributed by atoms with E-state index in [-0.39, 0.29) is 11.8 Å². The lowest BCUT2D eigenvalue weighted by Crippen LogP contribution is -2.50. The Labute approximate surface area is 99.6 Å². The summed E-state index contributed by atoms with van der Waals surface area (Å²) in [6, 6.07) is -1.33. The largest absolute Gasteiger partial charge is 0.368 e. The summed E-state index contributed by atoms with van der Waals surface area (Å²) in [6.07, 6.45) is 1.09. The van der Waals surface area contributed by atoms with Gasteiger partial charge in [0, 0.05) is 6.42 Å². The summed E-state index contributed by atoms with van der Waals surface area (Å²) in [5, 5.41) is 5.05. The number of primary amides is 1. The molecule has 0 bridgehead atoms. The van der Waals surface area contributed by atoms with E-state index in [0.29, 0.717) is 19.3 Å². The third-order valence-corrected chi connectivity index (χ3v) is 2.52. The van der Waals surface area contributed by atoms with Gasteiger partial charge in [0.25, 0.3) is 0 Å². The van der Waals surface area contributed by atoms with Gasteiger partial charge in [-0.3, -0.25) is 14.4 Å². The summed E-state index contributed by atoms with van der Waals surface area (Å²) in [7, 11) is 0. The molecule has 0 aromatic rings. The van der Waals surface area contributed by atoms with Gasteiger partial charge >= 0.3 is 0 Å². The zero-order valence-electron chi connectivity index (χ0n) is 9.79. The minimum absolute atomic E-state index is 0.152. The maximum absolute atomic E-state index is 11.7. The third kappa shape index (κ3) is 3.90. The fourth-order valence-electron chi connectivity index (χ4n) is 1.65. The summed E-state index contributed by atoms with van der Waals surface area (Å²) in [5.41, 5.74) is 5.93. The van der Waals surface area contributed by atoms with Crippen molar-refractivity contribution in [2.24, 2.45) is 5.73 Å². The molecule has 0 unspecified atom stereocenters. The number of hydrogen-bond acceptors (Lipinski definition) is 3. The average Bonchev–Trinajstić information content (AvgIpc) is 2.63.